The van der Waals surface area contributed by atoms with E-state index in [0.717, 1.165) is 40.7 Å². The van der Waals surface area contributed by atoms with E-state index in [9.17, 15) is 4.79 Å². The van der Waals surface area contributed by atoms with Crippen molar-refractivity contribution in [3.05, 3.63) is 75.5 Å². The molecule has 1 unspecified atom stereocenters. The highest BCUT2D eigenvalue weighted by Gasteiger charge is 2.30. The fourth-order valence-electron chi connectivity index (χ4n) is 3.60. The molecule has 5 nitrogen and oxygen atoms in total. The van der Waals surface area contributed by atoms with Crippen molar-refractivity contribution >= 4 is 33.8 Å². The highest BCUT2D eigenvalue weighted by Crippen LogP contribution is 2.41. The monoisotopic (exact) mass is 430 g/mol. The maximum atomic E-state index is 12.7. The van der Waals surface area contributed by atoms with E-state index >= 15 is 0 Å². The third-order valence-corrected chi connectivity index (χ3v) is 6.59. The lowest BCUT2D eigenvalue weighted by atomic mass is 9.97. The molecule has 1 fully saturated rings. The van der Waals surface area contributed by atoms with E-state index < -0.39 is 0 Å². The van der Waals surface area contributed by atoms with Crippen LogP contribution in [0.3, 0.4) is 0 Å². The normalized spacial score (nSPS) is 15.9. The Morgan fingerprint density at radius 3 is 2.69 bits per heavy atom. The number of furan rings is 1. The summed E-state index contributed by atoms with van der Waals surface area (Å²) in [6.45, 7) is 5.09. The number of hydrogen-bond acceptors (Lipinski definition) is 5. The number of ether oxygens (including phenoxy) is 1. The SMILES string of the molecule is CCc1cc(C(c2ccccc2Cl)N2CCOCC2)c(NC(=O)c2ccco2)s1. The minimum absolute atomic E-state index is 0.0592. The molecular formula is C22H23ClN2O3S. The second kappa shape index (κ2) is 9.13. The van der Waals surface area contributed by atoms with Crippen molar-refractivity contribution in [2.45, 2.75) is 19.4 Å². The van der Waals surface area contributed by atoms with Gasteiger partial charge in [0.05, 0.1) is 25.5 Å². The number of thiophene rings is 1. The Balaban J connectivity index is 1.76. The van der Waals surface area contributed by atoms with Gasteiger partial charge in [0.15, 0.2) is 5.76 Å². The summed E-state index contributed by atoms with van der Waals surface area (Å²) in [6, 6.07) is 13.4. The van der Waals surface area contributed by atoms with Gasteiger partial charge in [0, 0.05) is 28.6 Å². The Kier molecular flexibility index (Phi) is 6.35. The highest BCUT2D eigenvalue weighted by atomic mass is 35.5. The quantitative estimate of drug-likeness (QED) is 0.581. The van der Waals surface area contributed by atoms with Crippen LogP contribution in [0.1, 0.15) is 39.5 Å². The van der Waals surface area contributed by atoms with Gasteiger partial charge in [-0.05, 0) is 36.2 Å². The van der Waals surface area contributed by atoms with Crippen molar-refractivity contribution < 1.29 is 13.9 Å². The largest absolute Gasteiger partial charge is 0.459 e. The molecule has 0 aliphatic carbocycles. The lowest BCUT2D eigenvalue weighted by molar-refractivity contribution is 0.0241. The van der Waals surface area contributed by atoms with Gasteiger partial charge < -0.3 is 14.5 Å². The lowest BCUT2D eigenvalue weighted by Crippen LogP contribution is -2.39. The molecule has 4 rings (SSSR count). The van der Waals surface area contributed by atoms with Crippen LogP contribution in [-0.4, -0.2) is 37.1 Å². The van der Waals surface area contributed by atoms with Gasteiger partial charge in [-0.1, -0.05) is 36.7 Å². The summed E-state index contributed by atoms with van der Waals surface area (Å²) in [5, 5.41) is 4.61. The molecule has 1 saturated heterocycles. The summed E-state index contributed by atoms with van der Waals surface area (Å²) in [5.74, 6) is 0.0451. The summed E-state index contributed by atoms with van der Waals surface area (Å²) in [6.07, 6.45) is 2.40. The van der Waals surface area contributed by atoms with Crippen LogP contribution in [0.5, 0.6) is 0 Å². The number of hydrogen-bond donors (Lipinski definition) is 1. The maximum Gasteiger partial charge on any atom is 0.291 e. The number of nitrogens with zero attached hydrogens (tertiary/aromatic N) is 1. The van der Waals surface area contributed by atoms with Crippen molar-refractivity contribution in [1.29, 1.82) is 0 Å². The van der Waals surface area contributed by atoms with E-state index in [1.165, 1.54) is 11.1 Å². The van der Waals surface area contributed by atoms with Gasteiger partial charge in [-0.2, -0.15) is 0 Å². The summed E-state index contributed by atoms with van der Waals surface area (Å²) in [4.78, 5) is 16.2. The number of carbonyl (C=O) groups excluding carboxylic acids is 1. The molecule has 3 heterocycles. The molecule has 0 bridgehead atoms. The maximum absolute atomic E-state index is 12.7. The van der Waals surface area contributed by atoms with E-state index in [2.05, 4.69) is 29.3 Å². The number of morpholine rings is 1. The van der Waals surface area contributed by atoms with Crippen LogP contribution in [0, 0.1) is 0 Å². The molecule has 1 N–H and O–H groups in total. The van der Waals surface area contributed by atoms with Gasteiger partial charge in [0.25, 0.3) is 5.91 Å². The van der Waals surface area contributed by atoms with Crippen LogP contribution < -0.4 is 5.32 Å². The van der Waals surface area contributed by atoms with Gasteiger partial charge in [-0.15, -0.1) is 11.3 Å². The summed E-state index contributed by atoms with van der Waals surface area (Å²) >= 11 is 8.21. The van der Waals surface area contributed by atoms with Crippen LogP contribution in [0.15, 0.2) is 53.1 Å². The zero-order valence-electron chi connectivity index (χ0n) is 16.2. The van der Waals surface area contributed by atoms with Crippen molar-refractivity contribution in [3.63, 3.8) is 0 Å². The fourth-order valence-corrected chi connectivity index (χ4v) is 4.86. The molecule has 152 valence electrons. The first-order valence-electron chi connectivity index (χ1n) is 9.71. The van der Waals surface area contributed by atoms with Gasteiger partial charge in [0.1, 0.15) is 5.00 Å². The zero-order chi connectivity index (χ0) is 20.2. The molecular weight excluding hydrogens is 408 g/mol. The number of anilines is 1. The molecule has 1 aliphatic heterocycles. The Hall–Kier alpha value is -2.12. The topological polar surface area (TPSA) is 54.7 Å². The second-order valence-electron chi connectivity index (χ2n) is 6.85. The molecule has 7 heteroatoms. The Labute approximate surface area is 179 Å². The van der Waals surface area contributed by atoms with Crippen molar-refractivity contribution in [2.75, 3.05) is 31.6 Å². The van der Waals surface area contributed by atoms with Gasteiger partial charge in [-0.25, -0.2) is 0 Å². The third-order valence-electron chi connectivity index (χ3n) is 5.04. The molecule has 0 radical (unpaired) electrons. The number of halogens is 1. The molecule has 1 aromatic carbocycles. The standard InChI is InChI=1S/C22H23ClN2O3S/c1-2-15-14-17(22(29-15)24-21(26)19-8-5-11-28-19)20(25-9-12-27-13-10-25)16-6-3-4-7-18(16)23/h3-8,11,14,20H,2,9-10,12-13H2,1H3,(H,24,26). The van der Waals surface area contributed by atoms with E-state index in [1.54, 1.807) is 23.5 Å². The van der Waals surface area contributed by atoms with E-state index in [1.807, 2.05) is 18.2 Å². The summed E-state index contributed by atoms with van der Waals surface area (Å²) in [7, 11) is 0. The lowest BCUT2D eigenvalue weighted by Gasteiger charge is -2.35. The van der Waals surface area contributed by atoms with Crippen molar-refractivity contribution in [3.8, 4) is 0 Å². The van der Waals surface area contributed by atoms with Crippen LogP contribution in [0.4, 0.5) is 5.00 Å². The molecule has 1 amide bonds. The Bertz CT molecular complexity index is 964. The second-order valence-corrected chi connectivity index (χ2v) is 8.40. The first kappa shape index (κ1) is 20.2. The van der Waals surface area contributed by atoms with Crippen molar-refractivity contribution in [2.24, 2.45) is 0 Å². The molecule has 1 aliphatic rings. The molecule has 1 atom stereocenters. The Morgan fingerprint density at radius 2 is 2.00 bits per heavy atom. The predicted octanol–water partition coefficient (Wildman–Crippen LogP) is 5.23. The number of nitrogens with one attached hydrogen (secondary N) is 1. The zero-order valence-corrected chi connectivity index (χ0v) is 17.8. The van der Waals surface area contributed by atoms with Gasteiger partial charge >= 0.3 is 0 Å². The van der Waals surface area contributed by atoms with Gasteiger partial charge in [-0.3, -0.25) is 9.69 Å². The third kappa shape index (κ3) is 4.41. The van der Waals surface area contributed by atoms with E-state index in [0.29, 0.717) is 19.0 Å². The van der Waals surface area contributed by atoms with Crippen molar-refractivity contribution in [1.82, 2.24) is 4.90 Å². The highest BCUT2D eigenvalue weighted by molar-refractivity contribution is 7.16. The summed E-state index contributed by atoms with van der Waals surface area (Å²) in [5.41, 5.74) is 2.09. The minimum atomic E-state index is -0.249. The fraction of sp³-hybridized carbons (Fsp3) is 0.318. The van der Waals surface area contributed by atoms with Crippen LogP contribution >= 0.6 is 22.9 Å². The molecule has 2 aromatic heterocycles. The molecule has 29 heavy (non-hydrogen) atoms. The first-order valence-corrected chi connectivity index (χ1v) is 10.9. The number of amides is 1. The number of rotatable bonds is 6. The molecule has 0 spiro atoms. The average Bonchev–Trinajstić information content (AvgIpc) is 3.41. The predicted molar refractivity (Wildman–Crippen MR) is 116 cm³/mol. The van der Waals surface area contributed by atoms with E-state index in [4.69, 9.17) is 20.8 Å². The average molecular weight is 431 g/mol. The molecule has 3 aromatic rings. The van der Waals surface area contributed by atoms with Gasteiger partial charge in [0.2, 0.25) is 0 Å². The summed E-state index contributed by atoms with van der Waals surface area (Å²) < 4.78 is 10.8. The number of benzene rings is 1. The first-order chi connectivity index (χ1) is 14.2. The number of aryl methyl sites for hydroxylation is 1. The van der Waals surface area contributed by atoms with Crippen LogP contribution in [0.25, 0.3) is 0 Å². The number of carbonyl (C=O) groups is 1. The Morgan fingerprint density at radius 1 is 1.21 bits per heavy atom. The van der Waals surface area contributed by atoms with E-state index in [-0.39, 0.29) is 11.9 Å². The smallest absolute Gasteiger partial charge is 0.291 e. The van der Waals surface area contributed by atoms with Crippen LogP contribution in [0.2, 0.25) is 5.02 Å². The van der Waals surface area contributed by atoms with Crippen LogP contribution in [-0.2, 0) is 11.2 Å². The minimum Gasteiger partial charge on any atom is -0.459 e. The molecule has 0 saturated carbocycles.